The van der Waals surface area contributed by atoms with E-state index in [0.29, 0.717) is 5.56 Å². The van der Waals surface area contributed by atoms with E-state index in [1.165, 1.54) is 40.7 Å². The van der Waals surface area contributed by atoms with Crippen molar-refractivity contribution in [2.45, 2.75) is 24.2 Å². The second kappa shape index (κ2) is 9.95. The second-order valence-electron chi connectivity index (χ2n) is 7.07. The van der Waals surface area contributed by atoms with E-state index < -0.39 is 33.6 Å². The predicted octanol–water partition coefficient (Wildman–Crippen LogP) is 2.92. The van der Waals surface area contributed by atoms with Crippen molar-refractivity contribution < 1.29 is 22.4 Å². The normalized spacial score (nSPS) is 15.5. The van der Waals surface area contributed by atoms with Crippen LogP contribution < -0.4 is 10.9 Å². The van der Waals surface area contributed by atoms with Crippen molar-refractivity contribution in [1.29, 1.82) is 0 Å². The van der Waals surface area contributed by atoms with E-state index in [1.54, 1.807) is 6.07 Å². The molecule has 0 unspecified atom stereocenters. The molecule has 166 valence electrons. The first kappa shape index (κ1) is 23.5. The summed E-state index contributed by atoms with van der Waals surface area (Å²) in [6.45, 7) is 0.233. The first-order chi connectivity index (χ1) is 14.7. The lowest BCUT2D eigenvalue weighted by Crippen LogP contribution is -2.48. The zero-order valence-electron chi connectivity index (χ0n) is 16.3. The number of piperidine rings is 1. The lowest BCUT2D eigenvalue weighted by molar-refractivity contribution is -0.131. The van der Waals surface area contributed by atoms with Crippen LogP contribution in [0.25, 0.3) is 0 Å². The zero-order valence-corrected chi connectivity index (χ0v) is 18.6. The molecule has 1 fully saturated rings. The molecule has 0 aliphatic carbocycles. The van der Waals surface area contributed by atoms with Crippen LogP contribution in [0.4, 0.5) is 4.39 Å². The molecule has 7 nitrogen and oxygen atoms in total. The molecule has 1 heterocycles. The maximum atomic E-state index is 12.9. The summed E-state index contributed by atoms with van der Waals surface area (Å²) < 4.78 is 39.9. The van der Waals surface area contributed by atoms with Crippen LogP contribution in [-0.4, -0.2) is 37.6 Å². The largest absolute Gasteiger partial charge is 0.273 e. The second-order valence-corrected chi connectivity index (χ2v) is 9.76. The molecule has 1 aliphatic rings. The van der Waals surface area contributed by atoms with Gasteiger partial charge in [0.25, 0.3) is 0 Å². The topological polar surface area (TPSA) is 95.6 Å². The molecule has 0 spiro atoms. The molecule has 2 amide bonds. The van der Waals surface area contributed by atoms with Gasteiger partial charge in [0.2, 0.25) is 21.8 Å². The van der Waals surface area contributed by atoms with Crippen LogP contribution in [0.5, 0.6) is 0 Å². The highest BCUT2D eigenvalue weighted by Crippen LogP contribution is 2.33. The van der Waals surface area contributed by atoms with Crippen LogP contribution in [0.1, 0.15) is 18.4 Å². The molecule has 2 aromatic carbocycles. The van der Waals surface area contributed by atoms with Gasteiger partial charge >= 0.3 is 0 Å². The molecular weight excluding hydrogens is 468 g/mol. The van der Waals surface area contributed by atoms with Gasteiger partial charge in [-0.25, -0.2) is 12.8 Å². The maximum absolute atomic E-state index is 12.9. The fraction of sp³-hybridized carbons (Fsp3) is 0.300. The fourth-order valence-corrected chi connectivity index (χ4v) is 5.84. The van der Waals surface area contributed by atoms with E-state index in [4.69, 9.17) is 23.2 Å². The lowest BCUT2D eigenvalue weighted by Gasteiger charge is -2.31. The van der Waals surface area contributed by atoms with Crippen LogP contribution in [0.3, 0.4) is 0 Å². The van der Waals surface area contributed by atoms with E-state index >= 15 is 0 Å². The number of nitrogens with one attached hydrogen (secondary N) is 2. The number of carbonyl (C=O) groups is 2. The number of rotatable bonds is 5. The fourth-order valence-electron chi connectivity index (χ4n) is 3.28. The Kier molecular flexibility index (Phi) is 7.53. The average molecular weight is 488 g/mol. The van der Waals surface area contributed by atoms with E-state index in [1.807, 2.05) is 0 Å². The molecule has 2 N–H and O–H groups in total. The quantitative estimate of drug-likeness (QED) is 0.633. The monoisotopic (exact) mass is 487 g/mol. The SMILES string of the molecule is O=C(Cc1ccc(F)cc1)NNC(=O)C1CCN(S(=O)(=O)c2c(Cl)cccc2Cl)CC1. The molecule has 1 saturated heterocycles. The van der Waals surface area contributed by atoms with Gasteiger partial charge < -0.3 is 0 Å². The zero-order chi connectivity index (χ0) is 22.6. The molecular formula is C20H20Cl2FN3O4S. The van der Waals surface area contributed by atoms with E-state index in [2.05, 4.69) is 10.9 Å². The summed E-state index contributed by atoms with van der Waals surface area (Å²) in [6, 6.07) is 9.93. The minimum atomic E-state index is -3.89. The number of halogens is 3. The Labute approximate surface area is 189 Å². The number of hydrogen-bond acceptors (Lipinski definition) is 4. The highest BCUT2D eigenvalue weighted by Gasteiger charge is 2.34. The van der Waals surface area contributed by atoms with Crippen LogP contribution in [-0.2, 0) is 26.0 Å². The molecule has 0 bridgehead atoms. The van der Waals surface area contributed by atoms with Gasteiger partial charge in [-0.05, 0) is 42.7 Å². The summed E-state index contributed by atoms with van der Waals surface area (Å²) in [4.78, 5) is 24.2. The summed E-state index contributed by atoms with van der Waals surface area (Å²) in [6.07, 6.45) is 0.539. The Hall–Kier alpha value is -2.20. The van der Waals surface area contributed by atoms with Gasteiger partial charge in [0.15, 0.2) is 0 Å². The number of amides is 2. The number of hydrazine groups is 1. The minimum Gasteiger partial charge on any atom is -0.273 e. The van der Waals surface area contributed by atoms with Crippen molar-refractivity contribution >= 4 is 45.0 Å². The smallest absolute Gasteiger partial charge is 0.246 e. The van der Waals surface area contributed by atoms with Crippen molar-refractivity contribution in [3.8, 4) is 0 Å². The molecule has 0 saturated carbocycles. The molecule has 0 radical (unpaired) electrons. The molecule has 3 rings (SSSR count). The van der Waals surface area contributed by atoms with Gasteiger partial charge in [-0.1, -0.05) is 41.4 Å². The average Bonchev–Trinajstić information content (AvgIpc) is 2.73. The maximum Gasteiger partial charge on any atom is 0.246 e. The predicted molar refractivity (Wildman–Crippen MR) is 114 cm³/mol. The lowest BCUT2D eigenvalue weighted by atomic mass is 9.98. The van der Waals surface area contributed by atoms with E-state index in [9.17, 15) is 22.4 Å². The van der Waals surface area contributed by atoms with Crippen LogP contribution >= 0.6 is 23.2 Å². The Morgan fingerprint density at radius 2 is 1.58 bits per heavy atom. The van der Waals surface area contributed by atoms with Gasteiger partial charge in [-0.2, -0.15) is 4.31 Å². The number of benzene rings is 2. The van der Waals surface area contributed by atoms with Gasteiger partial charge in [-0.3, -0.25) is 20.4 Å². The third kappa shape index (κ3) is 5.74. The first-order valence-corrected chi connectivity index (χ1v) is 11.7. The minimum absolute atomic E-state index is 0.0180. The third-order valence-corrected chi connectivity index (χ3v) is 7.80. The molecule has 0 atom stereocenters. The Morgan fingerprint density at radius 3 is 2.16 bits per heavy atom. The number of sulfonamides is 1. The van der Waals surface area contributed by atoms with Crippen molar-refractivity contribution in [3.05, 3.63) is 63.9 Å². The molecule has 31 heavy (non-hydrogen) atoms. The van der Waals surface area contributed by atoms with Crippen LogP contribution in [0, 0.1) is 11.7 Å². The molecule has 11 heteroatoms. The van der Waals surface area contributed by atoms with Crippen LogP contribution in [0.15, 0.2) is 47.4 Å². The number of nitrogens with zero attached hydrogens (tertiary/aromatic N) is 1. The summed E-state index contributed by atoms with van der Waals surface area (Å²) in [5.41, 5.74) is 5.29. The number of carbonyl (C=O) groups excluding carboxylic acids is 2. The van der Waals surface area contributed by atoms with Crippen LogP contribution in [0.2, 0.25) is 10.0 Å². The Morgan fingerprint density at radius 1 is 1.00 bits per heavy atom. The molecule has 2 aromatic rings. The highest BCUT2D eigenvalue weighted by molar-refractivity contribution is 7.89. The van der Waals surface area contributed by atoms with Gasteiger partial charge in [0, 0.05) is 19.0 Å². The first-order valence-electron chi connectivity index (χ1n) is 9.46. The highest BCUT2D eigenvalue weighted by atomic mass is 35.5. The summed E-state index contributed by atoms with van der Waals surface area (Å²) in [5, 5.41) is 0.0764. The van der Waals surface area contributed by atoms with Crippen molar-refractivity contribution in [2.75, 3.05) is 13.1 Å². The van der Waals surface area contributed by atoms with E-state index in [0.717, 1.165) is 0 Å². The molecule has 0 aromatic heterocycles. The van der Waals surface area contributed by atoms with Gasteiger partial charge in [0.1, 0.15) is 10.7 Å². The summed E-state index contributed by atoms with van der Waals surface area (Å²) >= 11 is 12.1. The van der Waals surface area contributed by atoms with Crippen molar-refractivity contribution in [2.24, 2.45) is 5.92 Å². The summed E-state index contributed by atoms with van der Waals surface area (Å²) in [7, 11) is -3.89. The van der Waals surface area contributed by atoms with Crippen molar-refractivity contribution in [3.63, 3.8) is 0 Å². The number of hydrogen-bond donors (Lipinski definition) is 2. The van der Waals surface area contributed by atoms with Gasteiger partial charge in [0.05, 0.1) is 16.5 Å². The van der Waals surface area contributed by atoms with Gasteiger partial charge in [-0.15, -0.1) is 0 Å². The van der Waals surface area contributed by atoms with Crippen molar-refractivity contribution in [1.82, 2.24) is 15.2 Å². The third-order valence-electron chi connectivity index (χ3n) is 4.94. The van der Waals surface area contributed by atoms with E-state index in [-0.39, 0.29) is 47.3 Å². The Balaban J connectivity index is 1.51. The molecule has 1 aliphatic heterocycles. The summed E-state index contributed by atoms with van der Waals surface area (Å²) in [5.74, 6) is -1.71. The Bertz CT molecular complexity index is 1050. The standard InChI is InChI=1S/C20H20Cl2FN3O4S/c21-16-2-1-3-17(22)19(16)31(29,30)26-10-8-14(9-11-26)20(28)25-24-18(27)12-13-4-6-15(23)7-5-13/h1-7,14H,8-12H2,(H,24,27)(H,25,28).